The minimum atomic E-state index is -3.63. The molecule has 0 spiro atoms. The van der Waals surface area contributed by atoms with E-state index in [9.17, 15) is 8.42 Å². The lowest BCUT2D eigenvalue weighted by Crippen LogP contribution is -2.39. The van der Waals surface area contributed by atoms with Gasteiger partial charge in [-0.3, -0.25) is 0 Å². The van der Waals surface area contributed by atoms with Gasteiger partial charge >= 0.3 is 0 Å². The SMILES string of the molecule is CCOc1ccc(S(=O)(=O)N2CCC[C@H](c3nncn3C)C2)cc1OCC. The Morgan fingerprint density at radius 1 is 1.19 bits per heavy atom. The highest BCUT2D eigenvalue weighted by molar-refractivity contribution is 7.89. The molecule has 1 saturated heterocycles. The van der Waals surface area contributed by atoms with E-state index < -0.39 is 10.0 Å². The summed E-state index contributed by atoms with van der Waals surface area (Å²) in [5.41, 5.74) is 0. The molecule has 3 rings (SSSR count). The van der Waals surface area contributed by atoms with Gasteiger partial charge in [0.2, 0.25) is 10.0 Å². The van der Waals surface area contributed by atoms with Gasteiger partial charge in [0.05, 0.1) is 18.1 Å². The summed E-state index contributed by atoms with van der Waals surface area (Å²) in [6, 6.07) is 4.79. The topological polar surface area (TPSA) is 86.6 Å². The summed E-state index contributed by atoms with van der Waals surface area (Å²) >= 11 is 0. The van der Waals surface area contributed by atoms with Crippen molar-refractivity contribution >= 4 is 10.0 Å². The third kappa shape index (κ3) is 4.08. The summed E-state index contributed by atoms with van der Waals surface area (Å²) < 4.78 is 40.9. The van der Waals surface area contributed by atoms with Crippen molar-refractivity contribution in [3.05, 3.63) is 30.4 Å². The number of benzene rings is 1. The van der Waals surface area contributed by atoms with Crippen LogP contribution in [0.5, 0.6) is 11.5 Å². The van der Waals surface area contributed by atoms with Crippen LogP contribution in [0.2, 0.25) is 0 Å². The molecule has 0 bridgehead atoms. The number of hydrogen-bond acceptors (Lipinski definition) is 6. The van der Waals surface area contributed by atoms with Gasteiger partial charge in [0, 0.05) is 32.1 Å². The maximum Gasteiger partial charge on any atom is 0.243 e. The van der Waals surface area contributed by atoms with Crippen LogP contribution in [0.25, 0.3) is 0 Å². The third-order valence-electron chi connectivity index (χ3n) is 4.65. The van der Waals surface area contributed by atoms with Crippen molar-refractivity contribution in [2.24, 2.45) is 7.05 Å². The molecule has 0 amide bonds. The van der Waals surface area contributed by atoms with E-state index in [1.165, 1.54) is 4.31 Å². The van der Waals surface area contributed by atoms with Crippen LogP contribution in [0.3, 0.4) is 0 Å². The Labute approximate surface area is 160 Å². The van der Waals surface area contributed by atoms with Crippen LogP contribution in [0.4, 0.5) is 0 Å². The maximum atomic E-state index is 13.2. The van der Waals surface area contributed by atoms with Crippen LogP contribution < -0.4 is 9.47 Å². The number of aryl methyl sites for hydroxylation is 1. The van der Waals surface area contributed by atoms with Gasteiger partial charge in [-0.1, -0.05) is 0 Å². The van der Waals surface area contributed by atoms with Crippen molar-refractivity contribution in [2.75, 3.05) is 26.3 Å². The Kier molecular flexibility index (Phi) is 6.01. The fourth-order valence-corrected chi connectivity index (χ4v) is 4.91. The summed E-state index contributed by atoms with van der Waals surface area (Å²) in [5, 5.41) is 8.07. The molecule has 148 valence electrons. The predicted molar refractivity (Wildman–Crippen MR) is 101 cm³/mol. The zero-order valence-electron chi connectivity index (χ0n) is 16.0. The van der Waals surface area contributed by atoms with Crippen molar-refractivity contribution in [1.82, 2.24) is 19.1 Å². The van der Waals surface area contributed by atoms with Crippen molar-refractivity contribution in [3.63, 3.8) is 0 Å². The van der Waals surface area contributed by atoms with Crippen molar-refractivity contribution in [3.8, 4) is 11.5 Å². The highest BCUT2D eigenvalue weighted by Crippen LogP contribution is 2.34. The van der Waals surface area contributed by atoms with Crippen molar-refractivity contribution in [2.45, 2.75) is 37.5 Å². The highest BCUT2D eigenvalue weighted by Gasteiger charge is 2.33. The van der Waals surface area contributed by atoms with E-state index in [1.54, 1.807) is 24.5 Å². The number of ether oxygens (including phenoxy) is 2. The minimum Gasteiger partial charge on any atom is -0.490 e. The second-order valence-electron chi connectivity index (χ2n) is 6.48. The summed E-state index contributed by atoms with van der Waals surface area (Å²) in [7, 11) is -1.75. The van der Waals surface area contributed by atoms with E-state index in [4.69, 9.17) is 9.47 Å². The third-order valence-corrected chi connectivity index (χ3v) is 6.51. The number of rotatable bonds is 7. The number of nitrogens with zero attached hydrogens (tertiary/aromatic N) is 4. The molecule has 2 aromatic rings. The first-order valence-electron chi connectivity index (χ1n) is 9.21. The lowest BCUT2D eigenvalue weighted by molar-refractivity contribution is 0.286. The summed E-state index contributed by atoms with van der Waals surface area (Å²) in [6.45, 7) is 5.53. The van der Waals surface area contributed by atoms with Crippen molar-refractivity contribution < 1.29 is 17.9 Å². The number of sulfonamides is 1. The lowest BCUT2D eigenvalue weighted by atomic mass is 9.99. The molecule has 8 nitrogen and oxygen atoms in total. The summed E-state index contributed by atoms with van der Waals surface area (Å²) in [5.74, 6) is 1.85. The van der Waals surface area contributed by atoms with E-state index in [0.717, 1.165) is 18.7 Å². The molecule has 0 radical (unpaired) electrons. The van der Waals surface area contributed by atoms with Crippen LogP contribution in [-0.4, -0.2) is 53.8 Å². The number of aromatic nitrogens is 3. The molecule has 0 aliphatic carbocycles. The second kappa shape index (κ2) is 8.26. The number of hydrogen-bond donors (Lipinski definition) is 0. The first-order valence-corrected chi connectivity index (χ1v) is 10.6. The maximum absolute atomic E-state index is 13.2. The van der Waals surface area contributed by atoms with Gasteiger partial charge in [0.25, 0.3) is 0 Å². The van der Waals surface area contributed by atoms with Crippen LogP contribution in [0.15, 0.2) is 29.4 Å². The Morgan fingerprint density at radius 2 is 1.93 bits per heavy atom. The van der Waals surface area contributed by atoms with Crippen LogP contribution >= 0.6 is 0 Å². The summed E-state index contributed by atoms with van der Waals surface area (Å²) in [4.78, 5) is 0.216. The molecule has 1 aromatic heterocycles. The van der Waals surface area contributed by atoms with Gasteiger partial charge in [0.15, 0.2) is 11.5 Å². The van der Waals surface area contributed by atoms with Crippen molar-refractivity contribution in [1.29, 1.82) is 0 Å². The molecule has 0 N–H and O–H groups in total. The molecule has 0 unspecified atom stereocenters. The molecule has 1 aliphatic heterocycles. The highest BCUT2D eigenvalue weighted by atomic mass is 32.2. The normalized spacial score (nSPS) is 18.4. The molecular formula is C18H26N4O4S. The smallest absolute Gasteiger partial charge is 0.243 e. The summed E-state index contributed by atoms with van der Waals surface area (Å²) in [6.07, 6.45) is 3.32. The van der Waals surface area contributed by atoms with Gasteiger partial charge in [-0.25, -0.2) is 8.42 Å². The van der Waals surface area contributed by atoms with E-state index >= 15 is 0 Å². The van der Waals surface area contributed by atoms with E-state index in [-0.39, 0.29) is 10.8 Å². The largest absolute Gasteiger partial charge is 0.490 e. The second-order valence-corrected chi connectivity index (χ2v) is 8.41. The Bertz CT molecular complexity index is 881. The first-order chi connectivity index (χ1) is 13.0. The van der Waals surface area contributed by atoms with Gasteiger partial charge in [0.1, 0.15) is 12.2 Å². The fourth-order valence-electron chi connectivity index (χ4n) is 3.37. The number of piperidine rings is 1. The van der Waals surface area contributed by atoms with Gasteiger partial charge < -0.3 is 14.0 Å². The van der Waals surface area contributed by atoms with Crippen LogP contribution in [0.1, 0.15) is 38.4 Å². The average Bonchev–Trinajstić information content (AvgIpc) is 3.09. The van der Waals surface area contributed by atoms with Gasteiger partial charge in [-0.2, -0.15) is 4.31 Å². The Balaban J connectivity index is 1.87. The van der Waals surface area contributed by atoms with Gasteiger partial charge in [-0.05, 0) is 38.8 Å². The minimum absolute atomic E-state index is 0.0371. The average molecular weight is 394 g/mol. The molecule has 27 heavy (non-hydrogen) atoms. The molecular weight excluding hydrogens is 368 g/mol. The molecule has 2 heterocycles. The Morgan fingerprint density at radius 3 is 2.59 bits per heavy atom. The molecule has 1 fully saturated rings. The van der Waals surface area contributed by atoms with Crippen LogP contribution in [-0.2, 0) is 17.1 Å². The first kappa shape index (κ1) is 19.6. The molecule has 1 aliphatic rings. The Hall–Kier alpha value is -2.13. The van der Waals surface area contributed by atoms with Crippen LogP contribution in [0, 0.1) is 0 Å². The lowest BCUT2D eigenvalue weighted by Gasteiger charge is -2.31. The molecule has 9 heteroatoms. The fraction of sp³-hybridized carbons (Fsp3) is 0.556. The molecule has 0 saturated carbocycles. The quantitative estimate of drug-likeness (QED) is 0.715. The van der Waals surface area contributed by atoms with Gasteiger partial charge in [-0.15, -0.1) is 10.2 Å². The monoisotopic (exact) mass is 394 g/mol. The zero-order chi connectivity index (χ0) is 19.4. The predicted octanol–water partition coefficient (Wildman–Crippen LogP) is 2.18. The van der Waals surface area contributed by atoms with E-state index in [0.29, 0.717) is 37.8 Å². The van der Waals surface area contributed by atoms with E-state index in [1.807, 2.05) is 25.5 Å². The van der Waals surface area contributed by atoms with E-state index in [2.05, 4.69) is 10.2 Å². The molecule has 1 atom stereocenters. The molecule has 1 aromatic carbocycles. The zero-order valence-corrected chi connectivity index (χ0v) is 16.8. The standard InChI is InChI=1S/C18H26N4O4S/c1-4-25-16-9-8-15(11-17(16)26-5-2)27(23,24)22-10-6-7-14(12-22)18-20-19-13-21(18)3/h8-9,11,13-14H,4-7,10,12H2,1-3H3/t14-/m0/s1.